The van der Waals surface area contributed by atoms with Gasteiger partial charge in [0.25, 0.3) is 0 Å². The number of hydrogen-bond acceptors (Lipinski definition) is 5. The summed E-state index contributed by atoms with van der Waals surface area (Å²) in [6, 6.07) is 13.6. The summed E-state index contributed by atoms with van der Waals surface area (Å²) in [5.74, 6) is 0.473. The zero-order chi connectivity index (χ0) is 22.6. The fourth-order valence-electron chi connectivity index (χ4n) is 3.39. The van der Waals surface area contributed by atoms with Crippen LogP contribution in [0.1, 0.15) is 30.8 Å². The Morgan fingerprint density at radius 3 is 2.39 bits per heavy atom. The molecular weight excluding hydrogens is 525 g/mol. The monoisotopic (exact) mass is 551 g/mol. The molecule has 0 aliphatic rings. The molecule has 0 aliphatic carbocycles. The molecule has 9 heteroatoms. The van der Waals surface area contributed by atoms with Crippen LogP contribution in [0, 0.1) is 17.4 Å². The molecule has 164 valence electrons. The molecule has 0 amide bonds. The third-order valence-corrected chi connectivity index (χ3v) is 7.77. The summed E-state index contributed by atoms with van der Waals surface area (Å²) >= 11 is 2.29. The molecule has 3 rings (SSSR count). The van der Waals surface area contributed by atoms with E-state index in [1.165, 1.54) is 14.1 Å². The number of aryl methyl sites for hydroxylation is 1. The van der Waals surface area contributed by atoms with Gasteiger partial charge in [-0.2, -0.15) is 9.41 Å². The molecule has 31 heavy (non-hydrogen) atoms. The molecule has 0 saturated heterocycles. The molecule has 3 aromatic rings. The molecule has 7 nitrogen and oxygen atoms in total. The highest BCUT2D eigenvalue weighted by Gasteiger charge is 2.21. The summed E-state index contributed by atoms with van der Waals surface area (Å²) in [5, 5.41) is 4.28. The van der Waals surface area contributed by atoms with Crippen molar-refractivity contribution in [1.29, 1.82) is 0 Å². The molecule has 0 aliphatic heterocycles. The van der Waals surface area contributed by atoms with Gasteiger partial charge < -0.3 is 4.57 Å². The number of hydrogen-bond donors (Lipinski definition) is 1. The van der Waals surface area contributed by atoms with Crippen molar-refractivity contribution in [3.8, 4) is 5.69 Å². The summed E-state index contributed by atoms with van der Waals surface area (Å²) in [5.41, 5.74) is 7.16. The predicted molar refractivity (Wildman–Crippen MR) is 134 cm³/mol. The van der Waals surface area contributed by atoms with Gasteiger partial charge in [0, 0.05) is 45.5 Å². The van der Waals surface area contributed by atoms with Gasteiger partial charge in [0.1, 0.15) is 10.7 Å². The Morgan fingerprint density at radius 1 is 1.13 bits per heavy atom. The van der Waals surface area contributed by atoms with Gasteiger partial charge in [0.05, 0.1) is 6.21 Å². The topological polar surface area (TPSA) is 79.6 Å². The van der Waals surface area contributed by atoms with Gasteiger partial charge in [-0.1, -0.05) is 13.8 Å². The number of rotatable bonds is 8. The maximum absolute atomic E-state index is 12.5. The Balaban J connectivity index is 1.74. The van der Waals surface area contributed by atoms with Crippen molar-refractivity contribution in [2.75, 3.05) is 18.5 Å². The van der Waals surface area contributed by atoms with Gasteiger partial charge in [0.15, 0.2) is 0 Å². The number of hydrazone groups is 1. The molecule has 2 aromatic heterocycles. The van der Waals surface area contributed by atoms with E-state index in [0.29, 0.717) is 18.9 Å². The van der Waals surface area contributed by atoms with Crippen LogP contribution in [0.5, 0.6) is 0 Å². The first kappa shape index (κ1) is 23.4. The Kier molecular flexibility index (Phi) is 7.50. The third kappa shape index (κ3) is 5.16. The minimum absolute atomic E-state index is 0.173. The highest BCUT2D eigenvalue weighted by molar-refractivity contribution is 14.1. The van der Waals surface area contributed by atoms with Crippen LogP contribution in [0.2, 0.25) is 0 Å². The van der Waals surface area contributed by atoms with E-state index in [2.05, 4.69) is 86.8 Å². The lowest BCUT2D eigenvalue weighted by Crippen LogP contribution is -2.30. The number of nitrogens with zero attached hydrogens (tertiary/aromatic N) is 4. The van der Waals surface area contributed by atoms with E-state index in [1.54, 1.807) is 18.3 Å². The van der Waals surface area contributed by atoms with Crippen molar-refractivity contribution in [2.24, 2.45) is 5.10 Å². The Labute approximate surface area is 197 Å². The maximum Gasteiger partial charge on any atom is 0.244 e. The SMILES string of the molecule is CCN(CC)S(=O)(=O)c1ccc(N/N=C\c2cc(C)n(-c3ccc(I)cc3)c2C)nc1. The van der Waals surface area contributed by atoms with Crippen LogP contribution in [0.25, 0.3) is 5.69 Å². The number of anilines is 1. The van der Waals surface area contributed by atoms with E-state index in [1.807, 2.05) is 13.8 Å². The van der Waals surface area contributed by atoms with Gasteiger partial charge in [-0.15, -0.1) is 0 Å². The fraction of sp³-hybridized carbons (Fsp3) is 0.273. The molecule has 0 saturated carbocycles. The lowest BCUT2D eigenvalue weighted by Gasteiger charge is -2.18. The number of benzene rings is 1. The average molecular weight is 551 g/mol. The predicted octanol–water partition coefficient (Wildman–Crippen LogP) is 4.57. The van der Waals surface area contributed by atoms with Crippen LogP contribution in [-0.4, -0.2) is 41.6 Å². The van der Waals surface area contributed by atoms with E-state index < -0.39 is 10.0 Å². The van der Waals surface area contributed by atoms with Crippen LogP contribution in [0.4, 0.5) is 5.82 Å². The van der Waals surface area contributed by atoms with Crippen molar-refractivity contribution in [2.45, 2.75) is 32.6 Å². The summed E-state index contributed by atoms with van der Waals surface area (Å²) < 4.78 is 29.9. The molecule has 0 spiro atoms. The molecule has 0 atom stereocenters. The minimum Gasteiger partial charge on any atom is -0.318 e. The van der Waals surface area contributed by atoms with Gasteiger partial charge in [-0.25, -0.2) is 13.4 Å². The van der Waals surface area contributed by atoms with Gasteiger partial charge in [0.2, 0.25) is 10.0 Å². The van der Waals surface area contributed by atoms with E-state index in [9.17, 15) is 8.42 Å². The highest BCUT2D eigenvalue weighted by Crippen LogP contribution is 2.21. The number of nitrogens with one attached hydrogen (secondary N) is 1. The largest absolute Gasteiger partial charge is 0.318 e. The first-order chi connectivity index (χ1) is 14.8. The number of pyridine rings is 1. The zero-order valence-corrected chi connectivity index (χ0v) is 21.0. The van der Waals surface area contributed by atoms with E-state index in [0.717, 1.165) is 22.6 Å². The van der Waals surface area contributed by atoms with Crippen LogP contribution in [0.3, 0.4) is 0 Å². The van der Waals surface area contributed by atoms with Crippen molar-refractivity contribution in [3.63, 3.8) is 0 Å². The lowest BCUT2D eigenvalue weighted by molar-refractivity contribution is 0.445. The highest BCUT2D eigenvalue weighted by atomic mass is 127. The van der Waals surface area contributed by atoms with E-state index in [4.69, 9.17) is 0 Å². The van der Waals surface area contributed by atoms with Crippen molar-refractivity contribution in [1.82, 2.24) is 13.9 Å². The smallest absolute Gasteiger partial charge is 0.244 e. The van der Waals surface area contributed by atoms with Crippen LogP contribution < -0.4 is 5.43 Å². The molecule has 0 radical (unpaired) electrons. The number of aromatic nitrogens is 2. The molecule has 1 N–H and O–H groups in total. The quantitative estimate of drug-likeness (QED) is 0.253. The van der Waals surface area contributed by atoms with Gasteiger partial charge in [-0.05, 0) is 78.9 Å². The van der Waals surface area contributed by atoms with Crippen LogP contribution in [0.15, 0.2) is 58.7 Å². The normalized spacial score (nSPS) is 12.1. The van der Waals surface area contributed by atoms with E-state index >= 15 is 0 Å². The molecule has 0 bridgehead atoms. The molecular formula is C22H26IN5O2S. The van der Waals surface area contributed by atoms with Crippen LogP contribution >= 0.6 is 22.6 Å². The third-order valence-electron chi connectivity index (χ3n) is 5.02. The van der Waals surface area contributed by atoms with E-state index in [-0.39, 0.29) is 4.90 Å². The minimum atomic E-state index is -3.52. The second-order valence-corrected chi connectivity index (χ2v) is 10.2. The molecule has 1 aromatic carbocycles. The average Bonchev–Trinajstić information content (AvgIpc) is 3.03. The second kappa shape index (κ2) is 9.92. The Bertz CT molecular complexity index is 1170. The Morgan fingerprint density at radius 2 is 1.81 bits per heavy atom. The molecule has 2 heterocycles. The summed E-state index contributed by atoms with van der Waals surface area (Å²) in [6.07, 6.45) is 3.10. The summed E-state index contributed by atoms with van der Waals surface area (Å²) in [4.78, 5) is 4.36. The lowest BCUT2D eigenvalue weighted by atomic mass is 10.2. The standard InChI is InChI=1S/C22H26IN5O2S/c1-5-27(6-2)31(29,30)21-11-12-22(24-15-21)26-25-14-18-13-16(3)28(17(18)4)20-9-7-19(23)8-10-20/h7-15H,5-6H2,1-4H3,(H,24,26)/b25-14-. The summed E-state index contributed by atoms with van der Waals surface area (Å²) in [6.45, 7) is 8.58. The van der Waals surface area contributed by atoms with Crippen LogP contribution in [-0.2, 0) is 10.0 Å². The van der Waals surface area contributed by atoms with Gasteiger partial charge in [-0.3, -0.25) is 5.43 Å². The first-order valence-corrected chi connectivity index (χ1v) is 12.5. The second-order valence-electron chi connectivity index (χ2n) is 6.98. The Hall–Kier alpha value is -2.24. The summed E-state index contributed by atoms with van der Waals surface area (Å²) in [7, 11) is -3.52. The first-order valence-electron chi connectivity index (χ1n) is 9.98. The van der Waals surface area contributed by atoms with Gasteiger partial charge >= 0.3 is 0 Å². The number of sulfonamides is 1. The van der Waals surface area contributed by atoms with Crippen molar-refractivity contribution in [3.05, 3.63) is 69.2 Å². The molecule has 0 fully saturated rings. The zero-order valence-electron chi connectivity index (χ0n) is 18.0. The maximum atomic E-state index is 12.5. The van der Waals surface area contributed by atoms with Crippen molar-refractivity contribution >= 4 is 44.6 Å². The number of halogens is 1. The molecule has 0 unspecified atom stereocenters. The fourth-order valence-corrected chi connectivity index (χ4v) is 5.15. The van der Waals surface area contributed by atoms with Crippen molar-refractivity contribution < 1.29 is 8.42 Å².